The van der Waals surface area contributed by atoms with E-state index in [0.29, 0.717) is 0 Å². The second-order valence-corrected chi connectivity index (χ2v) is 6.85. The van der Waals surface area contributed by atoms with Crippen LogP contribution in [0.2, 0.25) is 0 Å². The number of hydrogen-bond donors (Lipinski definition) is 0. The Morgan fingerprint density at radius 1 is 1.14 bits per heavy atom. The van der Waals surface area contributed by atoms with Crippen molar-refractivity contribution in [2.45, 2.75) is 4.90 Å². The lowest BCUT2D eigenvalue weighted by atomic mass is 10.3. The summed E-state index contributed by atoms with van der Waals surface area (Å²) in [5, 5.41) is 11.1. The average molecular weight is 435 g/mol. The molecule has 2 aromatic carbocycles. The molecule has 0 aromatic heterocycles. The fourth-order valence-electron chi connectivity index (χ4n) is 1.67. The Hall–Kier alpha value is -1.88. The third kappa shape index (κ3) is 3.65. The van der Waals surface area contributed by atoms with Gasteiger partial charge in [-0.2, -0.15) is 8.42 Å². The highest BCUT2D eigenvalue weighted by molar-refractivity contribution is 14.1. The van der Waals surface area contributed by atoms with Gasteiger partial charge in [0, 0.05) is 3.57 Å². The first-order valence-electron chi connectivity index (χ1n) is 5.86. The normalized spacial score (nSPS) is 11.0. The number of ether oxygens (including phenoxy) is 1. The van der Waals surface area contributed by atoms with E-state index in [1.54, 1.807) is 12.1 Å². The van der Waals surface area contributed by atoms with Crippen LogP contribution in [-0.2, 0) is 10.1 Å². The first kappa shape index (κ1) is 16.5. The van der Waals surface area contributed by atoms with Crippen molar-refractivity contribution in [3.63, 3.8) is 0 Å². The minimum Gasteiger partial charge on any atom is -0.497 e. The smallest absolute Gasteiger partial charge is 0.346 e. The molecule has 0 amide bonds. The molecule has 0 spiro atoms. The van der Waals surface area contributed by atoms with E-state index in [9.17, 15) is 18.5 Å². The summed E-state index contributed by atoms with van der Waals surface area (Å²) >= 11 is 2.00. The lowest BCUT2D eigenvalue weighted by Crippen LogP contribution is -2.12. The maximum Gasteiger partial charge on any atom is 0.346 e. The average Bonchev–Trinajstić information content (AvgIpc) is 2.46. The molecule has 0 aliphatic rings. The Morgan fingerprint density at radius 2 is 1.86 bits per heavy atom. The van der Waals surface area contributed by atoms with Gasteiger partial charge in [-0.1, -0.05) is 6.07 Å². The van der Waals surface area contributed by atoms with Crippen molar-refractivity contribution in [3.8, 4) is 11.5 Å². The molecule has 2 rings (SSSR count). The van der Waals surface area contributed by atoms with E-state index in [2.05, 4.69) is 0 Å². The Bertz CT molecular complexity index is 821. The van der Waals surface area contributed by atoms with Gasteiger partial charge in [-0.05, 0) is 52.9 Å². The van der Waals surface area contributed by atoms with Gasteiger partial charge in [0.2, 0.25) is 0 Å². The van der Waals surface area contributed by atoms with Crippen LogP contribution in [0.4, 0.5) is 5.69 Å². The number of methoxy groups -OCH3 is 1. The van der Waals surface area contributed by atoms with Crippen molar-refractivity contribution in [2.24, 2.45) is 0 Å². The quantitative estimate of drug-likeness (QED) is 0.310. The molecule has 116 valence electrons. The summed E-state index contributed by atoms with van der Waals surface area (Å²) in [5.74, 6) is 0.261. The lowest BCUT2D eigenvalue weighted by molar-refractivity contribution is -0.388. The number of hydrogen-bond acceptors (Lipinski definition) is 6. The summed E-state index contributed by atoms with van der Waals surface area (Å²) in [6.45, 7) is 0. The van der Waals surface area contributed by atoms with Crippen LogP contribution in [0.1, 0.15) is 0 Å². The van der Waals surface area contributed by atoms with Crippen LogP contribution in [0.15, 0.2) is 47.4 Å². The van der Waals surface area contributed by atoms with Gasteiger partial charge < -0.3 is 8.92 Å². The van der Waals surface area contributed by atoms with Gasteiger partial charge in [0.05, 0.1) is 18.1 Å². The first-order chi connectivity index (χ1) is 10.3. The van der Waals surface area contributed by atoms with Crippen LogP contribution in [-0.4, -0.2) is 20.5 Å². The summed E-state index contributed by atoms with van der Waals surface area (Å²) in [6.07, 6.45) is 0. The highest BCUT2D eigenvalue weighted by atomic mass is 127. The number of nitro benzene ring substituents is 1. The Labute approximate surface area is 140 Å². The second-order valence-electron chi connectivity index (χ2n) is 4.09. The zero-order valence-electron chi connectivity index (χ0n) is 11.2. The third-order valence-electron chi connectivity index (χ3n) is 2.63. The van der Waals surface area contributed by atoms with E-state index in [0.717, 1.165) is 15.7 Å². The molecule has 0 saturated carbocycles. The summed E-state index contributed by atoms with van der Waals surface area (Å²) in [7, 11) is -3.00. The molecule has 0 bridgehead atoms. The monoisotopic (exact) mass is 435 g/mol. The van der Waals surface area contributed by atoms with Gasteiger partial charge in [0.1, 0.15) is 11.5 Å². The Balaban J connectivity index is 2.47. The molecule has 0 N–H and O–H groups in total. The molecular formula is C13H10INO6S. The number of rotatable bonds is 5. The van der Waals surface area contributed by atoms with Crippen molar-refractivity contribution in [2.75, 3.05) is 7.11 Å². The number of halogens is 1. The largest absolute Gasteiger partial charge is 0.497 e. The topological polar surface area (TPSA) is 95.7 Å². The van der Waals surface area contributed by atoms with E-state index in [1.165, 1.54) is 25.3 Å². The van der Waals surface area contributed by atoms with E-state index in [-0.39, 0.29) is 11.5 Å². The highest BCUT2D eigenvalue weighted by Crippen LogP contribution is 2.30. The summed E-state index contributed by atoms with van der Waals surface area (Å²) < 4.78 is 35.1. The molecule has 0 heterocycles. The van der Waals surface area contributed by atoms with Crippen LogP contribution < -0.4 is 8.92 Å². The van der Waals surface area contributed by atoms with Crippen LogP contribution in [0.25, 0.3) is 0 Å². The molecule has 0 saturated heterocycles. The summed E-state index contributed by atoms with van der Waals surface area (Å²) in [6, 6.07) is 9.77. The summed E-state index contributed by atoms with van der Waals surface area (Å²) in [4.78, 5) is 9.74. The first-order valence-corrected chi connectivity index (χ1v) is 8.34. The maximum absolute atomic E-state index is 12.3. The molecule has 0 aliphatic carbocycles. The molecular weight excluding hydrogens is 425 g/mol. The Kier molecular flexibility index (Phi) is 4.86. The molecule has 7 nitrogen and oxygen atoms in total. The predicted molar refractivity (Wildman–Crippen MR) is 86.6 cm³/mol. The van der Waals surface area contributed by atoms with Crippen LogP contribution in [0.3, 0.4) is 0 Å². The van der Waals surface area contributed by atoms with E-state index in [4.69, 9.17) is 8.92 Å². The molecule has 2 aromatic rings. The van der Waals surface area contributed by atoms with Crippen LogP contribution >= 0.6 is 22.6 Å². The number of nitro groups is 1. The van der Waals surface area contributed by atoms with Gasteiger partial charge in [-0.3, -0.25) is 10.1 Å². The fraction of sp³-hybridized carbons (Fsp3) is 0.0769. The predicted octanol–water partition coefficient (Wildman–Crippen LogP) is 2.98. The fourth-order valence-corrected chi connectivity index (χ4v) is 3.25. The molecule has 22 heavy (non-hydrogen) atoms. The highest BCUT2D eigenvalue weighted by Gasteiger charge is 2.28. The minimum absolute atomic E-state index is 0.0806. The van der Waals surface area contributed by atoms with Crippen molar-refractivity contribution in [1.82, 2.24) is 0 Å². The van der Waals surface area contributed by atoms with Gasteiger partial charge in [0.15, 0.2) is 4.90 Å². The zero-order chi connectivity index (χ0) is 16.3. The molecule has 9 heteroatoms. The van der Waals surface area contributed by atoms with Crippen molar-refractivity contribution >= 4 is 38.4 Å². The number of nitrogens with zero attached hydrogens (tertiary/aromatic N) is 1. The molecule has 0 aliphatic heterocycles. The molecule has 0 unspecified atom stereocenters. The van der Waals surface area contributed by atoms with Crippen LogP contribution in [0, 0.1) is 13.7 Å². The molecule has 0 radical (unpaired) electrons. The van der Waals surface area contributed by atoms with Gasteiger partial charge in [0.25, 0.3) is 5.69 Å². The van der Waals surface area contributed by atoms with Crippen LogP contribution in [0.5, 0.6) is 11.5 Å². The summed E-state index contributed by atoms with van der Waals surface area (Å²) in [5.41, 5.74) is -0.607. The standard InChI is InChI=1S/C13H10INO6S/c1-20-10-5-6-13(12(8-10)15(16)17)22(18,19)21-11-4-2-3-9(14)7-11/h2-8H,1H3. The molecule has 0 fully saturated rings. The van der Waals surface area contributed by atoms with Crippen molar-refractivity contribution in [1.29, 1.82) is 0 Å². The van der Waals surface area contributed by atoms with E-state index >= 15 is 0 Å². The van der Waals surface area contributed by atoms with Gasteiger partial charge in [-0.15, -0.1) is 0 Å². The van der Waals surface area contributed by atoms with Crippen molar-refractivity contribution in [3.05, 3.63) is 56.1 Å². The molecule has 0 atom stereocenters. The third-order valence-corrected chi connectivity index (χ3v) is 4.60. The minimum atomic E-state index is -4.33. The SMILES string of the molecule is COc1ccc(S(=O)(=O)Oc2cccc(I)c2)c([N+](=O)[O-])c1. The number of benzene rings is 2. The van der Waals surface area contributed by atoms with Gasteiger partial charge in [-0.25, -0.2) is 0 Å². The Morgan fingerprint density at radius 3 is 2.45 bits per heavy atom. The zero-order valence-corrected chi connectivity index (χ0v) is 14.2. The van der Waals surface area contributed by atoms with Gasteiger partial charge >= 0.3 is 10.1 Å². The van der Waals surface area contributed by atoms with E-state index < -0.39 is 25.6 Å². The lowest BCUT2D eigenvalue weighted by Gasteiger charge is -2.08. The maximum atomic E-state index is 12.3. The van der Waals surface area contributed by atoms with E-state index in [1.807, 2.05) is 22.6 Å². The van der Waals surface area contributed by atoms with Crippen molar-refractivity contribution < 1.29 is 22.3 Å². The second kappa shape index (κ2) is 6.48.